The van der Waals surface area contributed by atoms with Crippen LogP contribution < -0.4 is 0 Å². The Labute approximate surface area is 339 Å². The van der Waals surface area contributed by atoms with Gasteiger partial charge in [0.1, 0.15) is 0 Å². The third-order valence-corrected chi connectivity index (χ3v) is 9.54. The molecule has 0 aliphatic heterocycles. The number of unbranched alkanes of at least 4 members (excludes halogenated alkanes) is 27. The maximum atomic E-state index is 10.1. The zero-order valence-corrected chi connectivity index (χ0v) is 37.3. The van der Waals surface area contributed by atoms with Crippen LogP contribution >= 0.6 is 0 Å². The summed E-state index contributed by atoms with van der Waals surface area (Å²) in [4.78, 5) is 0. The molecule has 0 aromatic rings. The molecule has 0 aromatic carbocycles. The van der Waals surface area contributed by atoms with E-state index in [1.54, 1.807) is 0 Å². The molecule has 0 spiro atoms. The van der Waals surface area contributed by atoms with Crippen LogP contribution in [0.3, 0.4) is 0 Å². The summed E-state index contributed by atoms with van der Waals surface area (Å²) < 4.78 is 103. The first-order valence-electron chi connectivity index (χ1n) is 20.0. The topological polar surface area (TPSA) is 199 Å². The van der Waals surface area contributed by atoms with Crippen molar-refractivity contribution in [3.63, 3.8) is 0 Å². The summed E-state index contributed by atoms with van der Waals surface area (Å²) in [6.07, 6.45) is 35.1. The second kappa shape index (κ2) is 44.2. The molecule has 0 amide bonds. The average molecular weight is 841 g/mol. The van der Waals surface area contributed by atoms with Crippen molar-refractivity contribution in [1.29, 1.82) is 0 Å². The Balaban J connectivity index is -0.000000329. The smallest absolute Gasteiger partial charge is 0.726 e. The SMILES string of the molecule is CCCCCCCCCCCCOS(=O)(=O)[O-].CCCCCCCCCCCCOS(=O)(=O)[O-].CCCCCCCCCCCCOS(=O)(=O)[O-].[Sc+3]. The van der Waals surface area contributed by atoms with Gasteiger partial charge in [-0.05, 0) is 19.3 Å². The maximum Gasteiger partial charge on any atom is 3.00 e. The van der Waals surface area contributed by atoms with Gasteiger partial charge in [0.15, 0.2) is 0 Å². The molecule has 0 saturated carbocycles. The zero-order valence-electron chi connectivity index (χ0n) is 33.0. The van der Waals surface area contributed by atoms with E-state index in [-0.39, 0.29) is 45.7 Å². The first kappa shape index (κ1) is 59.2. The van der Waals surface area contributed by atoms with Crippen molar-refractivity contribution in [1.82, 2.24) is 0 Å². The minimum Gasteiger partial charge on any atom is -0.726 e. The molecule has 0 N–H and O–H groups in total. The third-order valence-electron chi connectivity index (χ3n) is 8.18. The molecule has 0 bridgehead atoms. The van der Waals surface area contributed by atoms with E-state index in [0.717, 1.165) is 38.5 Å². The predicted molar refractivity (Wildman–Crippen MR) is 202 cm³/mol. The Kier molecular flexibility index (Phi) is 50.3. The van der Waals surface area contributed by atoms with Crippen LogP contribution in [0, 0.1) is 0 Å². The summed E-state index contributed by atoms with van der Waals surface area (Å²) in [6, 6.07) is 0. The van der Waals surface area contributed by atoms with Gasteiger partial charge in [-0.3, -0.25) is 12.5 Å². The van der Waals surface area contributed by atoms with Gasteiger partial charge in [-0.1, -0.05) is 194 Å². The van der Waals surface area contributed by atoms with Crippen molar-refractivity contribution < 1.29 is 77.3 Å². The van der Waals surface area contributed by atoms with E-state index in [1.807, 2.05) is 0 Å². The minimum absolute atomic E-state index is 0. The summed E-state index contributed by atoms with van der Waals surface area (Å²) >= 11 is 0. The number of hydrogen-bond donors (Lipinski definition) is 0. The van der Waals surface area contributed by atoms with Gasteiger partial charge in [-0.15, -0.1) is 0 Å². The molecule has 12 nitrogen and oxygen atoms in total. The second-order valence-electron chi connectivity index (χ2n) is 13.2. The van der Waals surface area contributed by atoms with E-state index in [0.29, 0.717) is 19.3 Å². The normalized spacial score (nSPS) is 11.7. The van der Waals surface area contributed by atoms with E-state index < -0.39 is 31.2 Å². The zero-order chi connectivity index (χ0) is 39.0. The van der Waals surface area contributed by atoms with Gasteiger partial charge in [0.25, 0.3) is 0 Å². The molecule has 0 aromatic heterocycles. The molecule has 0 heterocycles. The Morgan fingerprint density at radius 2 is 0.423 bits per heavy atom. The van der Waals surface area contributed by atoms with Crippen molar-refractivity contribution in [2.45, 2.75) is 213 Å². The van der Waals surface area contributed by atoms with E-state index >= 15 is 0 Å². The van der Waals surface area contributed by atoms with Gasteiger partial charge in [0.2, 0.25) is 31.2 Å². The number of rotatable bonds is 36. The van der Waals surface area contributed by atoms with Crippen LogP contribution in [0.15, 0.2) is 0 Å². The molecule has 0 saturated heterocycles. The molecule has 0 atom stereocenters. The van der Waals surface area contributed by atoms with Crippen molar-refractivity contribution in [2.24, 2.45) is 0 Å². The monoisotopic (exact) mass is 840 g/mol. The van der Waals surface area contributed by atoms with Gasteiger partial charge in [-0.2, -0.15) is 0 Å². The Bertz CT molecular complexity index is 883. The van der Waals surface area contributed by atoms with Crippen LogP contribution in [0.2, 0.25) is 0 Å². The molecule has 0 fully saturated rings. The standard InChI is InChI=1S/3C12H26O4S.Sc/c3*1-2-3-4-5-6-7-8-9-10-11-12-16-17(13,14)15;/h3*2-12H2,1H3,(H,13,14,15);/q;;;+3/p-3. The summed E-state index contributed by atoms with van der Waals surface area (Å²) in [7, 11) is -13.5. The second-order valence-corrected chi connectivity index (χ2v) is 16.4. The van der Waals surface area contributed by atoms with E-state index in [9.17, 15) is 38.9 Å². The Morgan fingerprint density at radius 1 is 0.288 bits per heavy atom. The molecule has 0 rings (SSSR count). The Hall–Kier alpha value is 0.480. The van der Waals surface area contributed by atoms with Crippen LogP contribution in [0.25, 0.3) is 0 Å². The largest absolute Gasteiger partial charge is 3.00 e. The van der Waals surface area contributed by atoms with Crippen LogP contribution in [0.4, 0.5) is 0 Å². The van der Waals surface area contributed by atoms with Crippen molar-refractivity contribution in [2.75, 3.05) is 19.8 Å². The maximum absolute atomic E-state index is 10.1. The van der Waals surface area contributed by atoms with E-state index in [2.05, 4.69) is 33.3 Å². The van der Waals surface area contributed by atoms with Crippen molar-refractivity contribution in [3.05, 3.63) is 0 Å². The molecule has 0 radical (unpaired) electrons. The first-order chi connectivity index (χ1) is 24.2. The first-order valence-corrected chi connectivity index (χ1v) is 24.0. The predicted octanol–water partition coefficient (Wildman–Crippen LogP) is 10.1. The van der Waals surface area contributed by atoms with E-state index in [4.69, 9.17) is 0 Å². The molecular weight excluding hydrogens is 766 g/mol. The quantitative estimate of drug-likeness (QED) is 0.0329. The van der Waals surface area contributed by atoms with Crippen molar-refractivity contribution >= 4 is 31.2 Å². The molecule has 0 aliphatic carbocycles. The Morgan fingerprint density at radius 3 is 0.558 bits per heavy atom. The van der Waals surface area contributed by atoms with Gasteiger partial charge in [-0.25, -0.2) is 25.3 Å². The minimum atomic E-state index is -4.48. The van der Waals surface area contributed by atoms with Crippen LogP contribution in [-0.4, -0.2) is 58.7 Å². The molecule has 0 aliphatic rings. The van der Waals surface area contributed by atoms with E-state index in [1.165, 1.54) is 135 Å². The summed E-state index contributed by atoms with van der Waals surface area (Å²) in [5.74, 6) is 0. The average Bonchev–Trinajstić information content (AvgIpc) is 3.04. The van der Waals surface area contributed by atoms with Gasteiger partial charge >= 0.3 is 25.8 Å². The van der Waals surface area contributed by atoms with Gasteiger partial charge in [0.05, 0.1) is 19.8 Å². The third kappa shape index (κ3) is 68.5. The molecule has 0 unspecified atom stereocenters. The van der Waals surface area contributed by atoms with Crippen molar-refractivity contribution in [3.8, 4) is 0 Å². The van der Waals surface area contributed by atoms with Crippen LogP contribution in [0.1, 0.15) is 213 Å². The molecule has 312 valence electrons. The van der Waals surface area contributed by atoms with Crippen LogP contribution in [-0.2, 0) is 69.6 Å². The molecule has 16 heteroatoms. The summed E-state index contributed by atoms with van der Waals surface area (Å²) in [6.45, 7) is 6.73. The van der Waals surface area contributed by atoms with Crippen LogP contribution in [0.5, 0.6) is 0 Å². The fourth-order valence-corrected chi connectivity index (χ4v) is 6.22. The molecule has 52 heavy (non-hydrogen) atoms. The van der Waals surface area contributed by atoms with Gasteiger partial charge in [0, 0.05) is 0 Å². The fourth-order valence-electron chi connectivity index (χ4n) is 5.25. The summed E-state index contributed by atoms with van der Waals surface area (Å²) in [5, 5.41) is 0. The molecular formula is C36H75O12S3Sc. The summed E-state index contributed by atoms with van der Waals surface area (Å²) in [5.41, 5.74) is 0. The number of hydrogen-bond acceptors (Lipinski definition) is 12. The fraction of sp³-hybridized carbons (Fsp3) is 1.00. The van der Waals surface area contributed by atoms with Gasteiger partial charge < -0.3 is 13.7 Å².